The molecule has 0 fully saturated rings. The van der Waals surface area contributed by atoms with Gasteiger partial charge in [-0.3, -0.25) is 0 Å². The molecule has 0 aliphatic rings. The Morgan fingerprint density at radius 2 is 1.94 bits per heavy atom. The summed E-state index contributed by atoms with van der Waals surface area (Å²) in [6.45, 7) is 6.36. The van der Waals surface area contributed by atoms with E-state index in [0.717, 1.165) is 16.6 Å². The lowest BCUT2D eigenvalue weighted by molar-refractivity contribution is 0.0697. The van der Waals surface area contributed by atoms with E-state index >= 15 is 0 Å². The SMILES string of the molecule is CC(C)(C)c1cc2cc(C(=O)O)ccc2[nH]1. The van der Waals surface area contributed by atoms with Crippen LogP contribution in [0.2, 0.25) is 0 Å². The molecule has 0 atom stereocenters. The number of carbonyl (C=O) groups is 1. The molecule has 2 N–H and O–H groups in total. The van der Waals surface area contributed by atoms with Gasteiger partial charge < -0.3 is 10.1 Å². The van der Waals surface area contributed by atoms with E-state index in [1.165, 1.54) is 0 Å². The van der Waals surface area contributed by atoms with Crippen LogP contribution in [0.4, 0.5) is 0 Å². The number of carboxylic acid groups (broad SMARTS) is 1. The number of nitrogens with one attached hydrogen (secondary N) is 1. The summed E-state index contributed by atoms with van der Waals surface area (Å²) in [5, 5.41) is 9.85. The van der Waals surface area contributed by atoms with Crippen molar-refractivity contribution in [3.63, 3.8) is 0 Å². The molecule has 1 aromatic heterocycles. The fourth-order valence-corrected chi connectivity index (χ4v) is 1.67. The quantitative estimate of drug-likeness (QED) is 0.770. The van der Waals surface area contributed by atoms with Crippen LogP contribution >= 0.6 is 0 Å². The van der Waals surface area contributed by atoms with Crippen LogP contribution in [0, 0.1) is 0 Å². The zero-order valence-electron chi connectivity index (χ0n) is 9.66. The minimum Gasteiger partial charge on any atom is -0.478 e. The molecule has 3 nitrogen and oxygen atoms in total. The summed E-state index contributed by atoms with van der Waals surface area (Å²) in [6.07, 6.45) is 0. The molecule has 2 aromatic rings. The number of rotatable bonds is 1. The van der Waals surface area contributed by atoms with E-state index in [9.17, 15) is 4.79 Å². The predicted octanol–water partition coefficient (Wildman–Crippen LogP) is 3.16. The van der Waals surface area contributed by atoms with Crippen LogP contribution < -0.4 is 0 Å². The Bertz CT molecular complexity index is 547. The summed E-state index contributed by atoms with van der Waals surface area (Å²) in [6, 6.07) is 7.15. The second kappa shape index (κ2) is 3.37. The summed E-state index contributed by atoms with van der Waals surface area (Å²) >= 11 is 0. The molecule has 0 saturated heterocycles. The molecular weight excluding hydrogens is 202 g/mol. The average Bonchev–Trinajstić information content (AvgIpc) is 2.58. The van der Waals surface area contributed by atoms with Crippen LogP contribution in [0.1, 0.15) is 36.8 Å². The van der Waals surface area contributed by atoms with Crippen molar-refractivity contribution in [2.45, 2.75) is 26.2 Å². The van der Waals surface area contributed by atoms with Crippen molar-refractivity contribution < 1.29 is 9.90 Å². The molecule has 1 heterocycles. The maximum absolute atomic E-state index is 10.8. The van der Waals surface area contributed by atoms with E-state index in [0.29, 0.717) is 5.56 Å². The van der Waals surface area contributed by atoms with Gasteiger partial charge in [0.25, 0.3) is 0 Å². The van der Waals surface area contributed by atoms with Crippen molar-refractivity contribution in [2.75, 3.05) is 0 Å². The van der Waals surface area contributed by atoms with E-state index < -0.39 is 5.97 Å². The lowest BCUT2D eigenvalue weighted by Gasteiger charge is -2.15. The average molecular weight is 217 g/mol. The lowest BCUT2D eigenvalue weighted by atomic mass is 9.92. The minimum absolute atomic E-state index is 0.0441. The summed E-state index contributed by atoms with van der Waals surface area (Å²) in [5.74, 6) is -0.889. The third-order valence-corrected chi connectivity index (χ3v) is 2.68. The Hall–Kier alpha value is -1.77. The van der Waals surface area contributed by atoms with Crippen LogP contribution in [0.15, 0.2) is 24.3 Å². The first-order valence-electron chi connectivity index (χ1n) is 5.24. The smallest absolute Gasteiger partial charge is 0.335 e. The number of hydrogen-bond acceptors (Lipinski definition) is 1. The van der Waals surface area contributed by atoms with Gasteiger partial charge in [-0.05, 0) is 24.3 Å². The zero-order chi connectivity index (χ0) is 11.9. The molecule has 0 aliphatic carbocycles. The predicted molar refractivity (Wildman–Crippen MR) is 64.0 cm³/mol. The minimum atomic E-state index is -0.889. The highest BCUT2D eigenvalue weighted by molar-refractivity contribution is 5.93. The molecular formula is C13H15NO2. The molecule has 0 radical (unpaired) electrons. The first kappa shape index (κ1) is 10.7. The highest BCUT2D eigenvalue weighted by Crippen LogP contribution is 2.26. The Morgan fingerprint density at radius 1 is 1.25 bits per heavy atom. The fraction of sp³-hybridized carbons (Fsp3) is 0.308. The molecule has 0 aliphatic heterocycles. The van der Waals surface area contributed by atoms with Crippen molar-refractivity contribution in [3.05, 3.63) is 35.5 Å². The molecule has 2 rings (SSSR count). The van der Waals surface area contributed by atoms with Crippen molar-refractivity contribution in [3.8, 4) is 0 Å². The van der Waals surface area contributed by atoms with Crippen molar-refractivity contribution in [2.24, 2.45) is 0 Å². The van der Waals surface area contributed by atoms with Crippen molar-refractivity contribution >= 4 is 16.9 Å². The summed E-state index contributed by atoms with van der Waals surface area (Å²) in [4.78, 5) is 14.1. The van der Waals surface area contributed by atoms with Crippen LogP contribution in [-0.4, -0.2) is 16.1 Å². The molecule has 16 heavy (non-hydrogen) atoms. The Morgan fingerprint density at radius 3 is 2.50 bits per heavy atom. The van der Waals surface area contributed by atoms with Gasteiger partial charge in [0, 0.05) is 22.0 Å². The Labute approximate surface area is 94.1 Å². The summed E-state index contributed by atoms with van der Waals surface area (Å²) in [7, 11) is 0. The number of benzene rings is 1. The topological polar surface area (TPSA) is 53.1 Å². The van der Waals surface area contributed by atoms with Gasteiger partial charge >= 0.3 is 5.97 Å². The van der Waals surface area contributed by atoms with Crippen LogP contribution in [-0.2, 0) is 5.41 Å². The third-order valence-electron chi connectivity index (χ3n) is 2.68. The number of hydrogen-bond donors (Lipinski definition) is 2. The van der Waals surface area contributed by atoms with E-state index in [1.807, 2.05) is 12.1 Å². The molecule has 1 aromatic carbocycles. The van der Waals surface area contributed by atoms with Gasteiger partial charge in [-0.1, -0.05) is 20.8 Å². The molecule has 0 saturated carbocycles. The van der Waals surface area contributed by atoms with E-state index in [4.69, 9.17) is 5.11 Å². The van der Waals surface area contributed by atoms with Gasteiger partial charge in [-0.2, -0.15) is 0 Å². The fourth-order valence-electron chi connectivity index (χ4n) is 1.67. The number of aromatic carboxylic acids is 1. The standard InChI is InChI=1S/C13H15NO2/c1-13(2,3)11-7-9-6-8(12(15)16)4-5-10(9)14-11/h4-7,14H,1-3H3,(H,15,16). The zero-order valence-corrected chi connectivity index (χ0v) is 9.66. The van der Waals surface area contributed by atoms with E-state index in [-0.39, 0.29) is 5.41 Å². The highest BCUT2D eigenvalue weighted by Gasteiger charge is 2.16. The first-order chi connectivity index (χ1) is 7.38. The van der Waals surface area contributed by atoms with Crippen LogP contribution in [0.5, 0.6) is 0 Å². The third kappa shape index (κ3) is 1.81. The van der Waals surface area contributed by atoms with Gasteiger partial charge in [0.05, 0.1) is 5.56 Å². The Balaban J connectivity index is 2.59. The highest BCUT2D eigenvalue weighted by atomic mass is 16.4. The molecule has 0 amide bonds. The van der Waals surface area contributed by atoms with E-state index in [1.54, 1.807) is 12.1 Å². The first-order valence-corrected chi connectivity index (χ1v) is 5.24. The number of fused-ring (bicyclic) bond motifs is 1. The lowest BCUT2D eigenvalue weighted by Crippen LogP contribution is -2.10. The summed E-state index contributed by atoms with van der Waals surface area (Å²) in [5.41, 5.74) is 2.47. The number of H-pyrrole nitrogens is 1. The largest absolute Gasteiger partial charge is 0.478 e. The number of aromatic amines is 1. The van der Waals surface area contributed by atoms with Gasteiger partial charge in [0.2, 0.25) is 0 Å². The number of aromatic nitrogens is 1. The van der Waals surface area contributed by atoms with Gasteiger partial charge in [-0.15, -0.1) is 0 Å². The number of carboxylic acids is 1. The van der Waals surface area contributed by atoms with Gasteiger partial charge in [0.1, 0.15) is 0 Å². The Kier molecular flexibility index (Phi) is 2.26. The van der Waals surface area contributed by atoms with Gasteiger partial charge in [-0.25, -0.2) is 4.79 Å². The molecule has 0 bridgehead atoms. The molecule has 3 heteroatoms. The maximum Gasteiger partial charge on any atom is 0.335 e. The van der Waals surface area contributed by atoms with Crippen molar-refractivity contribution in [1.29, 1.82) is 0 Å². The summed E-state index contributed by atoms with van der Waals surface area (Å²) < 4.78 is 0. The maximum atomic E-state index is 10.8. The molecule has 0 spiro atoms. The molecule has 0 unspecified atom stereocenters. The second-order valence-corrected chi connectivity index (χ2v) is 5.04. The normalized spacial score (nSPS) is 11.9. The van der Waals surface area contributed by atoms with E-state index in [2.05, 4.69) is 25.8 Å². The van der Waals surface area contributed by atoms with Crippen LogP contribution in [0.25, 0.3) is 10.9 Å². The van der Waals surface area contributed by atoms with Crippen LogP contribution in [0.3, 0.4) is 0 Å². The van der Waals surface area contributed by atoms with Crippen molar-refractivity contribution in [1.82, 2.24) is 4.98 Å². The monoisotopic (exact) mass is 217 g/mol. The van der Waals surface area contributed by atoms with Gasteiger partial charge in [0.15, 0.2) is 0 Å². The molecule has 84 valence electrons. The second-order valence-electron chi connectivity index (χ2n) is 5.04.